The van der Waals surface area contributed by atoms with Crippen LogP contribution in [-0.2, 0) is 0 Å². The van der Waals surface area contributed by atoms with Crippen molar-refractivity contribution in [2.45, 2.75) is 39.8 Å². The predicted molar refractivity (Wildman–Crippen MR) is 73.8 cm³/mol. The van der Waals surface area contributed by atoms with E-state index in [2.05, 4.69) is 39.9 Å². The lowest BCUT2D eigenvalue weighted by Crippen LogP contribution is -2.28. The van der Waals surface area contributed by atoms with Crippen LogP contribution in [0.25, 0.3) is 0 Å². The largest absolute Gasteiger partial charge is 0.300 e. The van der Waals surface area contributed by atoms with Crippen molar-refractivity contribution in [3.05, 3.63) is 32.2 Å². The van der Waals surface area contributed by atoms with E-state index in [4.69, 9.17) is 0 Å². The Labute approximate surface area is 110 Å². The monoisotopic (exact) mass is 267 g/mol. The van der Waals surface area contributed by atoms with Crippen LogP contribution >= 0.6 is 22.7 Å². The highest BCUT2D eigenvalue weighted by Gasteiger charge is 2.21. The van der Waals surface area contributed by atoms with Gasteiger partial charge in [0.15, 0.2) is 0 Å². The van der Waals surface area contributed by atoms with Gasteiger partial charge in [0.25, 0.3) is 0 Å². The van der Waals surface area contributed by atoms with E-state index in [-0.39, 0.29) is 6.04 Å². The molecule has 0 spiro atoms. The zero-order chi connectivity index (χ0) is 12.4. The summed E-state index contributed by atoms with van der Waals surface area (Å²) in [4.78, 5) is 9.14. The number of aryl methyl sites for hydroxylation is 2. The number of nitrogens with one attached hydrogen (secondary N) is 1. The molecule has 0 aliphatic rings. The lowest BCUT2D eigenvalue weighted by Gasteiger charge is -2.16. The van der Waals surface area contributed by atoms with Crippen LogP contribution in [0.2, 0.25) is 0 Å². The van der Waals surface area contributed by atoms with Gasteiger partial charge in [-0.25, -0.2) is 9.97 Å². The molecule has 0 aliphatic heterocycles. The van der Waals surface area contributed by atoms with Crippen LogP contribution in [0, 0.1) is 13.8 Å². The van der Waals surface area contributed by atoms with Gasteiger partial charge < -0.3 is 5.32 Å². The molecule has 2 heterocycles. The van der Waals surface area contributed by atoms with Crippen LogP contribution in [-0.4, -0.2) is 16.0 Å². The Bertz CT molecular complexity index is 447. The molecule has 2 aromatic heterocycles. The second kappa shape index (κ2) is 5.25. The number of nitrogens with zero attached hydrogens (tertiary/aromatic N) is 2. The molecule has 17 heavy (non-hydrogen) atoms. The molecule has 2 aromatic rings. The Morgan fingerprint density at radius 3 is 1.76 bits per heavy atom. The fourth-order valence-electron chi connectivity index (χ4n) is 1.59. The topological polar surface area (TPSA) is 37.8 Å². The van der Waals surface area contributed by atoms with E-state index in [1.54, 1.807) is 22.7 Å². The molecule has 1 N–H and O–H groups in total. The van der Waals surface area contributed by atoms with Crippen molar-refractivity contribution in [3.8, 4) is 0 Å². The first-order valence-corrected chi connectivity index (χ1v) is 7.42. The molecule has 92 valence electrons. The summed E-state index contributed by atoms with van der Waals surface area (Å²) in [6.07, 6.45) is 0. The van der Waals surface area contributed by atoms with Gasteiger partial charge >= 0.3 is 0 Å². The molecule has 0 fully saturated rings. The van der Waals surface area contributed by atoms with Gasteiger partial charge in [-0.2, -0.15) is 0 Å². The fourth-order valence-corrected chi connectivity index (χ4v) is 3.38. The van der Waals surface area contributed by atoms with Crippen LogP contribution < -0.4 is 5.32 Å². The van der Waals surface area contributed by atoms with Crippen LogP contribution in [0.15, 0.2) is 10.8 Å². The summed E-state index contributed by atoms with van der Waals surface area (Å²) in [5, 5.41) is 9.92. The number of thiazole rings is 2. The van der Waals surface area contributed by atoms with Gasteiger partial charge in [0.2, 0.25) is 0 Å². The summed E-state index contributed by atoms with van der Waals surface area (Å²) in [5.41, 5.74) is 2.16. The van der Waals surface area contributed by atoms with Crippen molar-refractivity contribution in [2.75, 3.05) is 0 Å². The number of rotatable bonds is 4. The minimum absolute atomic E-state index is 0.132. The molecule has 0 aromatic carbocycles. The smallest absolute Gasteiger partial charge is 0.117 e. The molecule has 5 heteroatoms. The number of hydrogen-bond acceptors (Lipinski definition) is 5. The Morgan fingerprint density at radius 2 is 1.47 bits per heavy atom. The average Bonchev–Trinajstić information content (AvgIpc) is 2.84. The molecule has 0 aliphatic carbocycles. The van der Waals surface area contributed by atoms with Gasteiger partial charge in [-0.1, -0.05) is 0 Å². The predicted octanol–water partition coefficient (Wildman–Crippen LogP) is 3.30. The van der Waals surface area contributed by atoms with Crippen molar-refractivity contribution in [1.82, 2.24) is 15.3 Å². The quantitative estimate of drug-likeness (QED) is 0.923. The first-order valence-electron chi connectivity index (χ1n) is 5.66. The summed E-state index contributed by atoms with van der Waals surface area (Å²) in [6, 6.07) is 0.542. The molecule has 0 atom stereocenters. The van der Waals surface area contributed by atoms with Gasteiger partial charge in [-0.3, -0.25) is 0 Å². The highest BCUT2D eigenvalue weighted by Crippen LogP contribution is 2.27. The summed E-state index contributed by atoms with van der Waals surface area (Å²) < 4.78 is 0. The zero-order valence-electron chi connectivity index (χ0n) is 10.5. The van der Waals surface area contributed by atoms with Crippen LogP contribution in [0.4, 0.5) is 0 Å². The maximum absolute atomic E-state index is 4.57. The molecule has 0 radical (unpaired) electrons. The Kier molecular flexibility index (Phi) is 3.91. The molecular weight excluding hydrogens is 250 g/mol. The van der Waals surface area contributed by atoms with Crippen LogP contribution in [0.1, 0.15) is 41.3 Å². The second-order valence-corrected chi connectivity index (χ2v) is 6.19. The van der Waals surface area contributed by atoms with Crippen molar-refractivity contribution in [1.29, 1.82) is 0 Å². The third-order valence-electron chi connectivity index (χ3n) is 2.27. The van der Waals surface area contributed by atoms with E-state index >= 15 is 0 Å². The molecule has 0 unspecified atom stereocenters. The summed E-state index contributed by atoms with van der Waals surface area (Å²) >= 11 is 3.39. The maximum atomic E-state index is 4.57. The molecule has 0 bridgehead atoms. The van der Waals surface area contributed by atoms with E-state index in [9.17, 15) is 0 Å². The summed E-state index contributed by atoms with van der Waals surface area (Å²) in [5.74, 6) is 0. The third kappa shape index (κ3) is 3.12. The van der Waals surface area contributed by atoms with Crippen molar-refractivity contribution >= 4 is 22.7 Å². The van der Waals surface area contributed by atoms with Gasteiger partial charge in [-0.05, 0) is 27.7 Å². The first kappa shape index (κ1) is 12.7. The zero-order valence-corrected chi connectivity index (χ0v) is 12.2. The van der Waals surface area contributed by atoms with E-state index in [1.165, 1.54) is 0 Å². The van der Waals surface area contributed by atoms with Crippen LogP contribution in [0.3, 0.4) is 0 Å². The molecule has 0 amide bonds. The van der Waals surface area contributed by atoms with Gasteiger partial charge in [0, 0.05) is 28.2 Å². The van der Waals surface area contributed by atoms with Gasteiger partial charge in [-0.15, -0.1) is 22.7 Å². The maximum Gasteiger partial charge on any atom is 0.117 e. The normalized spacial score (nSPS) is 11.6. The minimum atomic E-state index is 0.132. The highest BCUT2D eigenvalue weighted by atomic mass is 32.1. The molecule has 3 nitrogen and oxygen atoms in total. The standard InChI is InChI=1S/C12H17N3S2/c1-7(2)13-10(11-14-8(3)5-16-11)12-15-9(4)6-17-12/h5-7,10,13H,1-4H3. The minimum Gasteiger partial charge on any atom is -0.300 e. The molecule has 2 rings (SSSR count). The number of hydrogen-bond donors (Lipinski definition) is 1. The van der Waals surface area contributed by atoms with E-state index in [0.29, 0.717) is 6.04 Å². The van der Waals surface area contributed by atoms with Crippen molar-refractivity contribution in [2.24, 2.45) is 0 Å². The fraction of sp³-hybridized carbons (Fsp3) is 0.500. The third-order valence-corrected chi connectivity index (χ3v) is 4.32. The van der Waals surface area contributed by atoms with E-state index in [0.717, 1.165) is 21.4 Å². The number of aromatic nitrogens is 2. The van der Waals surface area contributed by atoms with Crippen molar-refractivity contribution in [3.63, 3.8) is 0 Å². The lowest BCUT2D eigenvalue weighted by molar-refractivity contribution is 0.524. The van der Waals surface area contributed by atoms with Crippen LogP contribution in [0.5, 0.6) is 0 Å². The molecular formula is C12H17N3S2. The van der Waals surface area contributed by atoms with Gasteiger partial charge in [0.1, 0.15) is 16.1 Å². The second-order valence-electron chi connectivity index (χ2n) is 4.41. The van der Waals surface area contributed by atoms with E-state index < -0.39 is 0 Å². The highest BCUT2D eigenvalue weighted by molar-refractivity contribution is 7.11. The average molecular weight is 267 g/mol. The lowest BCUT2D eigenvalue weighted by atomic mass is 10.2. The van der Waals surface area contributed by atoms with Gasteiger partial charge in [0.05, 0.1) is 0 Å². The Balaban J connectivity index is 2.31. The van der Waals surface area contributed by atoms with Crippen molar-refractivity contribution < 1.29 is 0 Å². The Morgan fingerprint density at radius 1 is 1.00 bits per heavy atom. The SMILES string of the molecule is Cc1csc(C(NC(C)C)c2nc(C)cs2)n1. The first-order chi connectivity index (χ1) is 8.06. The van der Waals surface area contributed by atoms with E-state index in [1.807, 2.05) is 13.8 Å². The molecule has 0 saturated carbocycles. The Hall–Kier alpha value is -0.780. The molecule has 0 saturated heterocycles. The summed E-state index contributed by atoms with van der Waals surface area (Å²) in [7, 11) is 0. The summed E-state index contributed by atoms with van der Waals surface area (Å²) in [6.45, 7) is 8.35.